The quantitative estimate of drug-likeness (QED) is 0.599. The zero-order valence-corrected chi connectivity index (χ0v) is 17.6. The van der Waals surface area contributed by atoms with E-state index in [0.717, 1.165) is 11.5 Å². The van der Waals surface area contributed by atoms with Crippen molar-refractivity contribution in [2.45, 2.75) is 60.0 Å². The summed E-state index contributed by atoms with van der Waals surface area (Å²) in [7, 11) is 0. The Morgan fingerprint density at radius 3 is 1.89 bits per heavy atom. The van der Waals surface area contributed by atoms with E-state index in [9.17, 15) is 14.4 Å². The molecule has 1 aromatic rings. The predicted octanol–water partition coefficient (Wildman–Crippen LogP) is 1.23. The van der Waals surface area contributed by atoms with Crippen molar-refractivity contribution < 1.29 is 19.2 Å². The Morgan fingerprint density at radius 1 is 1.04 bits per heavy atom. The Hall–Kier alpha value is -2.77. The van der Waals surface area contributed by atoms with Gasteiger partial charge in [-0.15, -0.1) is 0 Å². The molecule has 0 spiro atoms. The Labute approximate surface area is 167 Å². The first-order valence-electron chi connectivity index (χ1n) is 9.18. The summed E-state index contributed by atoms with van der Waals surface area (Å²) in [6, 6.07) is 2.24. The zero-order valence-electron chi connectivity index (χ0n) is 17.6. The van der Waals surface area contributed by atoms with Gasteiger partial charge in [0.1, 0.15) is 12.3 Å². The number of rotatable bonds is 7. The van der Waals surface area contributed by atoms with Gasteiger partial charge in [-0.2, -0.15) is 0 Å². The van der Waals surface area contributed by atoms with Gasteiger partial charge in [0, 0.05) is 12.4 Å². The van der Waals surface area contributed by atoms with E-state index in [-0.39, 0.29) is 30.6 Å². The number of hydrogen-bond acceptors (Lipinski definition) is 5. The van der Waals surface area contributed by atoms with Crippen LogP contribution in [0, 0.1) is 11.8 Å². The van der Waals surface area contributed by atoms with Crippen molar-refractivity contribution in [2.75, 3.05) is 0 Å². The van der Waals surface area contributed by atoms with E-state index in [4.69, 9.17) is 4.79 Å². The average Bonchev–Trinajstić information content (AvgIpc) is 2.60. The number of carbonyl (C=O) groups excluding carboxylic acids is 4. The van der Waals surface area contributed by atoms with Crippen LogP contribution in [0.15, 0.2) is 24.5 Å². The smallest absolute Gasteiger partial charge is 0.242 e. The number of nitrogens with two attached hydrogens (primary N) is 1. The van der Waals surface area contributed by atoms with Crippen molar-refractivity contribution >= 4 is 24.5 Å². The van der Waals surface area contributed by atoms with Crippen LogP contribution in [0.2, 0.25) is 0 Å². The third-order valence-electron chi connectivity index (χ3n) is 3.06. The molecule has 1 aromatic heterocycles. The van der Waals surface area contributed by atoms with E-state index < -0.39 is 12.1 Å². The molecule has 2 unspecified atom stereocenters. The standard InChI is InChI=1S/C15H21N3O3.C4H10.CH3NO/c1-10(2)13(9-19)18-15(21)11(3)17-14(20)8-12-4-6-16-7-5-12;1-4(2)3;2-1-3/h4-7,9-11,13H,8H2,1-3H3,(H,17,20)(H,18,21);4H,1-3H3;1H,(H2,2,3). The van der Waals surface area contributed by atoms with E-state index in [1.54, 1.807) is 31.5 Å². The van der Waals surface area contributed by atoms with Crippen molar-refractivity contribution in [3.05, 3.63) is 30.1 Å². The summed E-state index contributed by atoms with van der Waals surface area (Å²) >= 11 is 0. The second-order valence-electron chi connectivity index (χ2n) is 7.10. The Kier molecular flexibility index (Phi) is 16.1. The lowest BCUT2D eigenvalue weighted by Crippen LogP contribution is -2.50. The first-order chi connectivity index (χ1) is 13.1. The van der Waals surface area contributed by atoms with Crippen LogP contribution in [0.4, 0.5) is 0 Å². The van der Waals surface area contributed by atoms with E-state index in [1.807, 2.05) is 13.8 Å². The van der Waals surface area contributed by atoms with Crippen LogP contribution < -0.4 is 16.4 Å². The van der Waals surface area contributed by atoms with Crippen LogP contribution in [0.1, 0.15) is 47.1 Å². The number of aldehydes is 1. The molecule has 1 rings (SSSR count). The molecule has 8 nitrogen and oxygen atoms in total. The van der Waals surface area contributed by atoms with E-state index >= 15 is 0 Å². The number of pyridine rings is 1. The topological polar surface area (TPSA) is 131 Å². The summed E-state index contributed by atoms with van der Waals surface area (Å²) in [6.07, 6.45) is 4.35. The second-order valence-corrected chi connectivity index (χ2v) is 7.10. The van der Waals surface area contributed by atoms with Gasteiger partial charge in [0.15, 0.2) is 0 Å². The van der Waals surface area contributed by atoms with E-state index in [0.29, 0.717) is 6.29 Å². The molecular formula is C20H34N4O4. The lowest BCUT2D eigenvalue weighted by molar-refractivity contribution is -0.129. The highest BCUT2D eigenvalue weighted by molar-refractivity contribution is 5.89. The normalized spacial score (nSPS) is 11.7. The molecule has 0 aliphatic rings. The van der Waals surface area contributed by atoms with E-state index in [1.165, 1.54) is 0 Å². The highest BCUT2D eigenvalue weighted by atomic mass is 16.2. The largest absolute Gasteiger partial charge is 0.372 e. The molecule has 3 amide bonds. The van der Waals surface area contributed by atoms with Crippen LogP contribution in [0.5, 0.6) is 0 Å². The molecule has 0 saturated carbocycles. The molecule has 0 saturated heterocycles. The van der Waals surface area contributed by atoms with Crippen molar-refractivity contribution in [3.63, 3.8) is 0 Å². The molecular weight excluding hydrogens is 360 g/mol. The molecule has 0 radical (unpaired) electrons. The van der Waals surface area contributed by atoms with Gasteiger partial charge in [-0.05, 0) is 36.5 Å². The third kappa shape index (κ3) is 15.5. The fraction of sp³-hybridized carbons (Fsp3) is 0.550. The minimum Gasteiger partial charge on any atom is -0.372 e. The van der Waals surface area contributed by atoms with E-state index in [2.05, 4.69) is 42.1 Å². The maximum absolute atomic E-state index is 11.9. The lowest BCUT2D eigenvalue weighted by Gasteiger charge is -2.20. The Bertz CT molecular complexity index is 574. The zero-order chi connectivity index (χ0) is 22.1. The first-order valence-corrected chi connectivity index (χ1v) is 9.18. The molecule has 0 fully saturated rings. The predicted molar refractivity (Wildman–Crippen MR) is 109 cm³/mol. The van der Waals surface area contributed by atoms with Gasteiger partial charge in [-0.1, -0.05) is 34.6 Å². The number of amides is 3. The Balaban J connectivity index is 0. The average molecular weight is 395 g/mol. The van der Waals surface area contributed by atoms with Gasteiger partial charge in [-0.25, -0.2) is 0 Å². The molecule has 28 heavy (non-hydrogen) atoms. The van der Waals surface area contributed by atoms with Gasteiger partial charge in [0.05, 0.1) is 12.5 Å². The van der Waals surface area contributed by atoms with Crippen LogP contribution in [0.3, 0.4) is 0 Å². The van der Waals surface area contributed by atoms with Gasteiger partial charge in [0.25, 0.3) is 0 Å². The summed E-state index contributed by atoms with van der Waals surface area (Å²) in [5.74, 6) is 0.214. The molecule has 4 N–H and O–H groups in total. The van der Waals surface area contributed by atoms with Gasteiger partial charge >= 0.3 is 0 Å². The third-order valence-corrected chi connectivity index (χ3v) is 3.06. The molecule has 8 heteroatoms. The van der Waals surface area contributed by atoms with Gasteiger partial charge in [0.2, 0.25) is 18.2 Å². The highest BCUT2D eigenvalue weighted by Gasteiger charge is 2.20. The summed E-state index contributed by atoms with van der Waals surface area (Å²) in [6.45, 7) is 11.8. The molecule has 0 bridgehead atoms. The number of carbonyl (C=O) groups is 4. The van der Waals surface area contributed by atoms with Crippen molar-refractivity contribution in [3.8, 4) is 0 Å². The number of primary amides is 1. The summed E-state index contributed by atoms with van der Waals surface area (Å²) < 4.78 is 0. The second kappa shape index (κ2) is 16.4. The summed E-state index contributed by atoms with van der Waals surface area (Å²) in [5, 5.41) is 5.21. The minimum absolute atomic E-state index is 0.00571. The van der Waals surface area contributed by atoms with Crippen molar-refractivity contribution in [2.24, 2.45) is 17.6 Å². The molecule has 158 valence electrons. The van der Waals surface area contributed by atoms with Crippen LogP contribution in [0.25, 0.3) is 0 Å². The molecule has 0 aromatic carbocycles. The minimum atomic E-state index is -0.694. The first kappa shape index (κ1) is 27.4. The van der Waals surface area contributed by atoms with Gasteiger partial charge < -0.3 is 21.2 Å². The summed E-state index contributed by atoms with van der Waals surface area (Å²) in [5.41, 5.74) is 4.99. The van der Waals surface area contributed by atoms with Crippen molar-refractivity contribution in [1.82, 2.24) is 15.6 Å². The maximum Gasteiger partial charge on any atom is 0.242 e. The van der Waals surface area contributed by atoms with Crippen molar-refractivity contribution in [1.29, 1.82) is 0 Å². The molecule has 2 atom stereocenters. The fourth-order valence-corrected chi connectivity index (χ4v) is 1.69. The van der Waals surface area contributed by atoms with Crippen LogP contribution >= 0.6 is 0 Å². The molecule has 1 heterocycles. The van der Waals surface area contributed by atoms with Crippen LogP contribution in [-0.4, -0.2) is 41.6 Å². The lowest BCUT2D eigenvalue weighted by atomic mass is 10.1. The highest BCUT2D eigenvalue weighted by Crippen LogP contribution is 2.00. The maximum atomic E-state index is 11.9. The number of nitrogens with one attached hydrogen (secondary N) is 2. The summed E-state index contributed by atoms with van der Waals surface area (Å²) in [4.78, 5) is 47.1. The SMILES string of the molecule is CC(C)C.CC(NC(=O)Cc1ccncc1)C(=O)NC(C=O)C(C)C.NC=O. The number of hydrogen-bond donors (Lipinski definition) is 3. The van der Waals surface area contributed by atoms with Crippen LogP contribution in [-0.2, 0) is 25.6 Å². The number of nitrogens with zero attached hydrogens (tertiary/aromatic N) is 1. The molecule has 0 aliphatic carbocycles. The van der Waals surface area contributed by atoms with Gasteiger partial charge in [-0.3, -0.25) is 19.4 Å². The monoisotopic (exact) mass is 394 g/mol. The Morgan fingerprint density at radius 2 is 1.50 bits per heavy atom. The molecule has 0 aliphatic heterocycles. The fourth-order valence-electron chi connectivity index (χ4n) is 1.69. The number of aromatic nitrogens is 1.